The topological polar surface area (TPSA) is 130 Å². The Morgan fingerprint density at radius 1 is 1.42 bits per heavy atom. The van der Waals surface area contributed by atoms with Gasteiger partial charge in [0.15, 0.2) is 0 Å². The Bertz CT molecular complexity index is 454. The predicted molar refractivity (Wildman–Crippen MR) is 59.8 cm³/mol. The van der Waals surface area contributed by atoms with Crippen LogP contribution in [0.5, 0.6) is 0 Å². The molecule has 2 saturated carbocycles. The summed E-state index contributed by atoms with van der Waals surface area (Å²) in [5.74, 6) is -6.21. The molecule has 8 heteroatoms. The summed E-state index contributed by atoms with van der Waals surface area (Å²) >= 11 is 0. The molecule has 2 fully saturated rings. The van der Waals surface area contributed by atoms with Gasteiger partial charge in [-0.15, -0.1) is 0 Å². The Morgan fingerprint density at radius 3 is 2.37 bits per heavy atom. The van der Waals surface area contributed by atoms with Crippen molar-refractivity contribution < 1.29 is 29.0 Å². The van der Waals surface area contributed by atoms with Crippen LogP contribution in [0.25, 0.3) is 0 Å². The van der Waals surface area contributed by atoms with Crippen molar-refractivity contribution >= 4 is 17.8 Å². The number of carbonyl (C=O) groups is 3. The number of aliphatic carboxylic acids is 2. The highest BCUT2D eigenvalue weighted by atomic mass is 19.1. The number of nitrogens with two attached hydrogens (primary N) is 1. The molecule has 5 unspecified atom stereocenters. The molecule has 0 aliphatic heterocycles. The molecule has 0 radical (unpaired) electrons. The third kappa shape index (κ3) is 1.86. The summed E-state index contributed by atoms with van der Waals surface area (Å²) in [6.45, 7) is 1.37. The molecule has 0 heterocycles. The summed E-state index contributed by atoms with van der Waals surface area (Å²) in [6.07, 6.45) is -1.96. The number of hydrogen-bond donors (Lipinski definition) is 4. The van der Waals surface area contributed by atoms with Gasteiger partial charge in [-0.1, -0.05) is 0 Å². The second-order valence-electron chi connectivity index (χ2n) is 5.24. The fraction of sp³-hybridized carbons (Fsp3) is 0.727. The van der Waals surface area contributed by atoms with Gasteiger partial charge in [0.1, 0.15) is 11.7 Å². The van der Waals surface area contributed by atoms with E-state index in [4.69, 9.17) is 10.8 Å². The minimum absolute atomic E-state index is 0.417. The lowest BCUT2D eigenvalue weighted by atomic mass is 9.89. The summed E-state index contributed by atoms with van der Waals surface area (Å²) < 4.78 is 13.8. The highest BCUT2D eigenvalue weighted by Gasteiger charge is 2.76. The van der Waals surface area contributed by atoms with Crippen molar-refractivity contribution in [3.8, 4) is 0 Å². The smallest absolute Gasteiger partial charge is 0.329 e. The van der Waals surface area contributed by atoms with Crippen molar-refractivity contribution in [3.05, 3.63) is 0 Å². The minimum atomic E-state index is -1.86. The maximum atomic E-state index is 13.8. The zero-order valence-electron chi connectivity index (χ0n) is 10.2. The van der Waals surface area contributed by atoms with Gasteiger partial charge in [-0.3, -0.25) is 9.59 Å². The van der Waals surface area contributed by atoms with E-state index in [-0.39, 0.29) is 0 Å². The second-order valence-corrected chi connectivity index (χ2v) is 5.24. The number of carboxylic acid groups (broad SMARTS) is 2. The van der Waals surface area contributed by atoms with E-state index in [9.17, 15) is 23.9 Å². The van der Waals surface area contributed by atoms with E-state index in [0.29, 0.717) is 0 Å². The van der Waals surface area contributed by atoms with Crippen LogP contribution < -0.4 is 11.1 Å². The van der Waals surface area contributed by atoms with E-state index in [0.717, 1.165) is 0 Å². The zero-order chi connectivity index (χ0) is 14.5. The molecule has 0 spiro atoms. The molecule has 2 aliphatic rings. The number of carboxylic acids is 2. The van der Waals surface area contributed by atoms with Crippen LogP contribution in [0.15, 0.2) is 0 Å². The molecular formula is C11H15FN2O5. The van der Waals surface area contributed by atoms with Crippen LogP contribution >= 0.6 is 0 Å². The highest BCUT2D eigenvalue weighted by molar-refractivity contribution is 5.92. The standard InChI is InChI=1S/C11H15FN2O5/c1-3(13)8(15)14-11(10(18)19)2-4(12)5-6(7(5)11)9(16)17/h3-7H,2,13H2,1H3,(H,14,15)(H,16,17)(H,18,19)/t3-,4?,5?,6?,7?,11?/m0/s1. The largest absolute Gasteiger partial charge is 0.481 e. The number of alkyl halides is 1. The van der Waals surface area contributed by atoms with Crippen LogP contribution in [-0.4, -0.2) is 45.8 Å². The van der Waals surface area contributed by atoms with Crippen LogP contribution in [0.4, 0.5) is 4.39 Å². The van der Waals surface area contributed by atoms with Crippen LogP contribution in [0, 0.1) is 17.8 Å². The van der Waals surface area contributed by atoms with E-state index in [2.05, 4.69) is 5.32 Å². The Hall–Kier alpha value is -1.70. The summed E-state index contributed by atoms with van der Waals surface area (Å²) in [6, 6.07) is -0.949. The van der Waals surface area contributed by atoms with Crippen molar-refractivity contribution in [3.63, 3.8) is 0 Å². The van der Waals surface area contributed by atoms with Crippen molar-refractivity contribution in [1.29, 1.82) is 0 Å². The first-order valence-corrected chi connectivity index (χ1v) is 5.90. The molecule has 19 heavy (non-hydrogen) atoms. The first-order valence-electron chi connectivity index (χ1n) is 5.90. The molecule has 0 aromatic carbocycles. The number of amides is 1. The molecular weight excluding hydrogens is 259 g/mol. The number of nitrogens with one attached hydrogen (secondary N) is 1. The van der Waals surface area contributed by atoms with Crippen LogP contribution in [0.1, 0.15) is 13.3 Å². The van der Waals surface area contributed by atoms with Crippen molar-refractivity contribution in [2.24, 2.45) is 23.5 Å². The van der Waals surface area contributed by atoms with Crippen molar-refractivity contribution in [1.82, 2.24) is 5.32 Å². The van der Waals surface area contributed by atoms with E-state index >= 15 is 0 Å². The average Bonchev–Trinajstić information content (AvgIpc) is 2.96. The Morgan fingerprint density at radius 2 is 2.00 bits per heavy atom. The predicted octanol–water partition coefficient (Wildman–Crippen LogP) is -1.04. The van der Waals surface area contributed by atoms with Gasteiger partial charge in [-0.2, -0.15) is 0 Å². The summed E-state index contributed by atoms with van der Waals surface area (Å²) in [5.41, 5.74) is 3.48. The number of carbonyl (C=O) groups excluding carboxylic acids is 1. The lowest BCUT2D eigenvalue weighted by Gasteiger charge is -2.29. The van der Waals surface area contributed by atoms with E-state index < -0.39 is 59.8 Å². The fourth-order valence-electron chi connectivity index (χ4n) is 3.07. The zero-order valence-corrected chi connectivity index (χ0v) is 10.2. The van der Waals surface area contributed by atoms with Crippen molar-refractivity contribution in [2.45, 2.75) is 31.1 Å². The van der Waals surface area contributed by atoms with Crippen molar-refractivity contribution in [2.75, 3.05) is 0 Å². The van der Waals surface area contributed by atoms with Gasteiger partial charge in [0, 0.05) is 18.3 Å². The lowest BCUT2D eigenvalue weighted by Crippen LogP contribution is -2.59. The number of rotatable bonds is 4. The Balaban J connectivity index is 2.29. The van der Waals surface area contributed by atoms with E-state index in [1.54, 1.807) is 0 Å². The first-order chi connectivity index (χ1) is 8.72. The SMILES string of the molecule is C[C@H](N)C(=O)NC1(C(=O)O)CC(F)C2C(C(=O)O)C21. The fourth-order valence-corrected chi connectivity index (χ4v) is 3.07. The second kappa shape index (κ2) is 4.16. The van der Waals surface area contributed by atoms with Gasteiger partial charge < -0.3 is 21.3 Å². The average molecular weight is 274 g/mol. The Kier molecular flexibility index (Phi) is 3.00. The molecule has 2 aliphatic carbocycles. The van der Waals surface area contributed by atoms with Gasteiger partial charge in [0.05, 0.1) is 12.0 Å². The maximum Gasteiger partial charge on any atom is 0.329 e. The molecule has 5 N–H and O–H groups in total. The molecule has 106 valence electrons. The highest BCUT2D eigenvalue weighted by Crippen LogP contribution is 2.63. The molecule has 0 saturated heterocycles. The third-order valence-electron chi connectivity index (χ3n) is 4.01. The normalized spacial score (nSPS) is 41.2. The lowest BCUT2D eigenvalue weighted by molar-refractivity contribution is -0.150. The molecule has 1 amide bonds. The first kappa shape index (κ1) is 13.7. The van der Waals surface area contributed by atoms with Crippen LogP contribution in [0.3, 0.4) is 0 Å². The molecule has 7 nitrogen and oxygen atoms in total. The molecule has 0 bridgehead atoms. The molecule has 0 aromatic rings. The van der Waals surface area contributed by atoms with Gasteiger partial charge in [-0.05, 0) is 6.92 Å². The quantitative estimate of drug-likeness (QED) is 0.518. The maximum absolute atomic E-state index is 13.8. The number of hydrogen-bond acceptors (Lipinski definition) is 4. The monoisotopic (exact) mass is 274 g/mol. The summed E-state index contributed by atoms with van der Waals surface area (Å²) in [7, 11) is 0. The molecule has 0 aromatic heterocycles. The number of halogens is 1. The Labute approximate surface area is 108 Å². The minimum Gasteiger partial charge on any atom is -0.481 e. The van der Waals surface area contributed by atoms with Crippen LogP contribution in [-0.2, 0) is 14.4 Å². The third-order valence-corrected chi connectivity index (χ3v) is 4.01. The number of fused-ring (bicyclic) bond motifs is 1. The molecule has 6 atom stereocenters. The van der Waals surface area contributed by atoms with Gasteiger partial charge in [0.2, 0.25) is 5.91 Å². The van der Waals surface area contributed by atoms with Gasteiger partial charge in [0.25, 0.3) is 0 Å². The van der Waals surface area contributed by atoms with Crippen LogP contribution in [0.2, 0.25) is 0 Å². The van der Waals surface area contributed by atoms with Gasteiger partial charge >= 0.3 is 11.9 Å². The summed E-state index contributed by atoms with van der Waals surface area (Å²) in [4.78, 5) is 34.0. The molecule has 2 rings (SSSR count). The van der Waals surface area contributed by atoms with E-state index in [1.807, 2.05) is 0 Å². The van der Waals surface area contributed by atoms with Gasteiger partial charge in [-0.25, -0.2) is 9.18 Å². The summed E-state index contributed by atoms with van der Waals surface area (Å²) in [5, 5.41) is 20.5. The van der Waals surface area contributed by atoms with E-state index in [1.165, 1.54) is 6.92 Å².